The Bertz CT molecular complexity index is 85.3. The van der Waals surface area contributed by atoms with Crippen molar-refractivity contribution in [1.82, 2.24) is 5.32 Å². The minimum atomic E-state index is 0.781. The second-order valence-electron chi connectivity index (χ2n) is 3.09. The van der Waals surface area contributed by atoms with E-state index in [1.54, 1.807) is 0 Å². The Labute approximate surface area is 77.1 Å². The first kappa shape index (κ1) is 8.78. The number of halogens is 1. The molecule has 1 nitrogen and oxygen atoms in total. The van der Waals surface area contributed by atoms with Crippen LogP contribution < -0.4 is 5.32 Å². The molecular formula is C8H16IN. The molecule has 1 N–H and O–H groups in total. The van der Waals surface area contributed by atoms with Gasteiger partial charge in [-0.2, -0.15) is 0 Å². The highest BCUT2D eigenvalue weighted by molar-refractivity contribution is 14.1. The van der Waals surface area contributed by atoms with E-state index < -0.39 is 0 Å². The third kappa shape index (κ3) is 2.74. The molecule has 1 fully saturated rings. The van der Waals surface area contributed by atoms with E-state index in [1.165, 1.54) is 32.2 Å². The average Bonchev–Trinajstić information content (AvgIpc) is 2.12. The zero-order valence-corrected chi connectivity index (χ0v) is 8.73. The normalized spacial score (nSPS) is 31.2. The summed E-state index contributed by atoms with van der Waals surface area (Å²) in [6.45, 7) is 3.53. The van der Waals surface area contributed by atoms with Gasteiger partial charge in [0.05, 0.1) is 0 Å². The number of alkyl halides is 1. The molecule has 2 unspecified atom stereocenters. The van der Waals surface area contributed by atoms with Crippen LogP contribution in [0.1, 0.15) is 32.6 Å². The van der Waals surface area contributed by atoms with Gasteiger partial charge < -0.3 is 5.32 Å². The van der Waals surface area contributed by atoms with Gasteiger partial charge in [-0.25, -0.2) is 0 Å². The topological polar surface area (TPSA) is 12.0 Å². The maximum atomic E-state index is 3.57. The zero-order chi connectivity index (χ0) is 7.40. The monoisotopic (exact) mass is 253 g/mol. The molecule has 0 aromatic carbocycles. The molecule has 0 aliphatic carbocycles. The molecule has 0 amide bonds. The second-order valence-corrected chi connectivity index (χ2v) is 5.05. The first-order valence-corrected chi connectivity index (χ1v) is 5.43. The van der Waals surface area contributed by atoms with E-state index in [9.17, 15) is 0 Å². The number of hydrogen-bond donors (Lipinski definition) is 1. The van der Waals surface area contributed by atoms with E-state index in [4.69, 9.17) is 0 Å². The lowest BCUT2D eigenvalue weighted by atomic mass is 10.1. The smallest absolute Gasteiger partial charge is 0.0235 e. The second kappa shape index (κ2) is 4.54. The molecule has 1 saturated heterocycles. The summed E-state index contributed by atoms with van der Waals surface area (Å²) < 4.78 is 0.788. The average molecular weight is 253 g/mol. The Balaban J connectivity index is 2.28. The lowest BCUT2D eigenvalue weighted by Gasteiger charge is -2.17. The molecule has 10 heavy (non-hydrogen) atoms. The Kier molecular flexibility index (Phi) is 3.99. The number of nitrogens with one attached hydrogen (secondary N) is 1. The number of hydrogen-bond acceptors (Lipinski definition) is 1. The molecule has 0 radical (unpaired) electrons. The minimum absolute atomic E-state index is 0.781. The van der Waals surface area contributed by atoms with Gasteiger partial charge in [-0.05, 0) is 19.4 Å². The van der Waals surface area contributed by atoms with Crippen molar-refractivity contribution in [2.45, 2.75) is 42.6 Å². The van der Waals surface area contributed by atoms with Crippen molar-refractivity contribution in [1.29, 1.82) is 0 Å². The standard InChI is InChI=1S/C8H16IN/c1-7(9)8-5-3-2-4-6-10-8/h7-8,10H,2-6H2,1H3. The molecule has 0 bridgehead atoms. The van der Waals surface area contributed by atoms with Crippen LogP contribution in [0.5, 0.6) is 0 Å². The first-order chi connectivity index (χ1) is 4.80. The summed E-state index contributed by atoms with van der Waals surface area (Å²) in [5, 5.41) is 3.57. The van der Waals surface area contributed by atoms with Gasteiger partial charge in [-0.1, -0.05) is 42.4 Å². The van der Waals surface area contributed by atoms with Crippen LogP contribution in [-0.2, 0) is 0 Å². The minimum Gasteiger partial charge on any atom is -0.313 e. The fourth-order valence-electron chi connectivity index (χ4n) is 1.45. The summed E-state index contributed by atoms with van der Waals surface area (Å²) in [6.07, 6.45) is 5.60. The maximum Gasteiger partial charge on any atom is 0.0235 e. The molecule has 0 aromatic rings. The molecule has 1 aliphatic heterocycles. The van der Waals surface area contributed by atoms with Crippen LogP contribution >= 0.6 is 22.6 Å². The van der Waals surface area contributed by atoms with Crippen molar-refractivity contribution < 1.29 is 0 Å². The summed E-state index contributed by atoms with van der Waals surface area (Å²) in [5.74, 6) is 0. The van der Waals surface area contributed by atoms with Gasteiger partial charge in [0.25, 0.3) is 0 Å². The SMILES string of the molecule is CC(I)C1CCCCCN1. The highest BCUT2D eigenvalue weighted by Gasteiger charge is 2.14. The fraction of sp³-hybridized carbons (Fsp3) is 1.00. The van der Waals surface area contributed by atoms with Gasteiger partial charge in [0.15, 0.2) is 0 Å². The Morgan fingerprint density at radius 3 is 2.90 bits per heavy atom. The van der Waals surface area contributed by atoms with E-state index in [2.05, 4.69) is 34.8 Å². The lowest BCUT2D eigenvalue weighted by Crippen LogP contribution is -2.34. The van der Waals surface area contributed by atoms with E-state index in [0.29, 0.717) is 0 Å². The van der Waals surface area contributed by atoms with Crippen molar-refractivity contribution in [3.05, 3.63) is 0 Å². The van der Waals surface area contributed by atoms with Crippen molar-refractivity contribution in [3.8, 4) is 0 Å². The molecule has 0 spiro atoms. The Hall–Kier alpha value is 0.690. The van der Waals surface area contributed by atoms with Crippen LogP contribution in [0.3, 0.4) is 0 Å². The molecule has 0 aromatic heterocycles. The molecule has 1 heterocycles. The molecule has 1 rings (SSSR count). The predicted octanol–water partition coefficient (Wildman–Crippen LogP) is 2.34. The van der Waals surface area contributed by atoms with Crippen LogP contribution in [-0.4, -0.2) is 16.5 Å². The van der Waals surface area contributed by atoms with Gasteiger partial charge in [0.2, 0.25) is 0 Å². The molecule has 2 heteroatoms. The third-order valence-corrected chi connectivity index (χ3v) is 3.02. The van der Waals surface area contributed by atoms with E-state index in [0.717, 1.165) is 9.97 Å². The molecule has 2 atom stereocenters. The fourth-order valence-corrected chi connectivity index (χ4v) is 2.06. The molecular weight excluding hydrogens is 237 g/mol. The van der Waals surface area contributed by atoms with Crippen molar-refractivity contribution in [2.24, 2.45) is 0 Å². The van der Waals surface area contributed by atoms with Crippen LogP contribution in [0.15, 0.2) is 0 Å². The van der Waals surface area contributed by atoms with Gasteiger partial charge >= 0.3 is 0 Å². The Morgan fingerprint density at radius 1 is 1.40 bits per heavy atom. The Morgan fingerprint density at radius 2 is 2.20 bits per heavy atom. The van der Waals surface area contributed by atoms with E-state index in [1.807, 2.05) is 0 Å². The van der Waals surface area contributed by atoms with Gasteiger partial charge in [-0.15, -0.1) is 0 Å². The molecule has 0 saturated carbocycles. The molecule has 60 valence electrons. The first-order valence-electron chi connectivity index (χ1n) is 4.18. The zero-order valence-electron chi connectivity index (χ0n) is 6.57. The summed E-state index contributed by atoms with van der Waals surface area (Å²) in [4.78, 5) is 0. The van der Waals surface area contributed by atoms with E-state index >= 15 is 0 Å². The summed E-state index contributed by atoms with van der Waals surface area (Å²) in [5.41, 5.74) is 0. The number of rotatable bonds is 1. The van der Waals surface area contributed by atoms with Crippen LogP contribution in [0, 0.1) is 0 Å². The molecule has 1 aliphatic rings. The highest BCUT2D eigenvalue weighted by Crippen LogP contribution is 2.15. The van der Waals surface area contributed by atoms with Crippen LogP contribution in [0.4, 0.5) is 0 Å². The van der Waals surface area contributed by atoms with Crippen molar-refractivity contribution in [2.75, 3.05) is 6.54 Å². The van der Waals surface area contributed by atoms with Gasteiger partial charge in [0, 0.05) is 9.97 Å². The van der Waals surface area contributed by atoms with Crippen LogP contribution in [0.2, 0.25) is 0 Å². The van der Waals surface area contributed by atoms with E-state index in [-0.39, 0.29) is 0 Å². The lowest BCUT2D eigenvalue weighted by molar-refractivity contribution is 0.516. The predicted molar refractivity (Wildman–Crippen MR) is 53.7 cm³/mol. The summed E-state index contributed by atoms with van der Waals surface area (Å²) in [6, 6.07) is 0.781. The van der Waals surface area contributed by atoms with Crippen molar-refractivity contribution >= 4 is 22.6 Å². The van der Waals surface area contributed by atoms with Crippen LogP contribution in [0.25, 0.3) is 0 Å². The quantitative estimate of drug-likeness (QED) is 0.558. The van der Waals surface area contributed by atoms with Gasteiger partial charge in [0.1, 0.15) is 0 Å². The van der Waals surface area contributed by atoms with Gasteiger partial charge in [-0.3, -0.25) is 0 Å². The highest BCUT2D eigenvalue weighted by atomic mass is 127. The summed E-state index contributed by atoms with van der Waals surface area (Å²) in [7, 11) is 0. The summed E-state index contributed by atoms with van der Waals surface area (Å²) >= 11 is 2.52. The largest absolute Gasteiger partial charge is 0.313 e. The third-order valence-electron chi connectivity index (χ3n) is 2.15. The van der Waals surface area contributed by atoms with Crippen molar-refractivity contribution in [3.63, 3.8) is 0 Å². The maximum absolute atomic E-state index is 3.57.